The zero-order chi connectivity index (χ0) is 15.0. The molecule has 1 aliphatic rings. The van der Waals surface area contributed by atoms with Crippen molar-refractivity contribution in [2.24, 2.45) is 4.99 Å². The summed E-state index contributed by atoms with van der Waals surface area (Å²) in [6.07, 6.45) is 5.81. The van der Waals surface area contributed by atoms with Gasteiger partial charge in [-0.15, -0.1) is 11.8 Å². The maximum Gasteiger partial charge on any atom is 0.128 e. The van der Waals surface area contributed by atoms with Crippen LogP contribution >= 0.6 is 27.7 Å². The predicted molar refractivity (Wildman–Crippen MR) is 87.2 cm³/mol. The van der Waals surface area contributed by atoms with E-state index in [0.29, 0.717) is 12.0 Å². The van der Waals surface area contributed by atoms with Crippen LogP contribution < -0.4 is 0 Å². The average Bonchev–Trinajstić information content (AvgIpc) is 2.48. The van der Waals surface area contributed by atoms with E-state index in [0.717, 1.165) is 20.8 Å². The second-order valence-electron chi connectivity index (χ2n) is 5.08. The molecule has 0 saturated carbocycles. The number of aromatic nitrogens is 2. The summed E-state index contributed by atoms with van der Waals surface area (Å²) in [6.45, 7) is 1.94. The van der Waals surface area contributed by atoms with E-state index in [-0.39, 0.29) is 5.82 Å². The van der Waals surface area contributed by atoms with E-state index in [4.69, 9.17) is 4.99 Å². The molecule has 0 aliphatic carbocycles. The van der Waals surface area contributed by atoms with Crippen molar-refractivity contribution in [1.82, 2.24) is 9.97 Å². The van der Waals surface area contributed by atoms with Gasteiger partial charge in [0.1, 0.15) is 17.2 Å². The first-order chi connectivity index (χ1) is 10.0. The number of nitrogens with zero attached hydrogens (tertiary/aromatic N) is 3. The fourth-order valence-corrected chi connectivity index (χ4v) is 3.59. The van der Waals surface area contributed by atoms with Gasteiger partial charge in [0.2, 0.25) is 0 Å². The van der Waals surface area contributed by atoms with E-state index in [2.05, 4.69) is 25.9 Å². The van der Waals surface area contributed by atoms with Crippen molar-refractivity contribution >= 4 is 32.7 Å². The molecule has 1 aromatic heterocycles. The third-order valence-corrected chi connectivity index (χ3v) is 4.78. The highest BCUT2D eigenvalue weighted by molar-refractivity contribution is 9.10. The molecule has 0 N–H and O–H groups in total. The minimum Gasteiger partial charge on any atom is -0.266 e. The summed E-state index contributed by atoms with van der Waals surface area (Å²) in [7, 11) is 0. The third-order valence-electron chi connectivity index (χ3n) is 3.59. The lowest BCUT2D eigenvalue weighted by Gasteiger charge is -2.31. The number of aliphatic imine (C=N–C) groups is 1. The zero-order valence-electron chi connectivity index (χ0n) is 11.6. The monoisotopic (exact) mass is 365 g/mol. The largest absolute Gasteiger partial charge is 0.266 e. The summed E-state index contributed by atoms with van der Waals surface area (Å²) >= 11 is 4.94. The molecular formula is C15H13BrFN3S. The van der Waals surface area contributed by atoms with Crippen LogP contribution in [-0.4, -0.2) is 21.3 Å². The van der Waals surface area contributed by atoms with Crippen LogP contribution in [0.2, 0.25) is 0 Å². The Morgan fingerprint density at radius 1 is 1.38 bits per heavy atom. The molecule has 21 heavy (non-hydrogen) atoms. The summed E-state index contributed by atoms with van der Waals surface area (Å²) in [4.78, 5) is 13.2. The molecule has 108 valence electrons. The van der Waals surface area contributed by atoms with Gasteiger partial charge in [-0.2, -0.15) is 0 Å². The lowest BCUT2D eigenvalue weighted by Crippen LogP contribution is -2.31. The van der Waals surface area contributed by atoms with Crippen LogP contribution in [0.25, 0.3) is 0 Å². The van der Waals surface area contributed by atoms with E-state index in [1.165, 1.54) is 24.2 Å². The van der Waals surface area contributed by atoms with Gasteiger partial charge >= 0.3 is 0 Å². The van der Waals surface area contributed by atoms with Crippen LogP contribution in [0.5, 0.6) is 0 Å². The molecule has 3 rings (SSSR count). The van der Waals surface area contributed by atoms with Crippen molar-refractivity contribution < 1.29 is 4.39 Å². The summed E-state index contributed by atoms with van der Waals surface area (Å²) < 4.78 is 15.1. The van der Waals surface area contributed by atoms with Gasteiger partial charge in [0.05, 0.1) is 11.2 Å². The Kier molecular flexibility index (Phi) is 3.84. The summed E-state index contributed by atoms with van der Waals surface area (Å²) in [5.41, 5.74) is 1.77. The van der Waals surface area contributed by atoms with E-state index in [1.807, 2.05) is 13.2 Å². The van der Waals surface area contributed by atoms with Crippen molar-refractivity contribution in [2.45, 2.75) is 18.9 Å². The standard InChI is InChI=1S/C15H13BrFN3S/c1-15(11-5-9(16)3-4-12(11)17)6-13-10(7-18-8-19-13)14(20-15)21-2/h3-5,7-8H,6H2,1-2H3/t15-/m0/s1. The zero-order valence-corrected chi connectivity index (χ0v) is 14.0. The Morgan fingerprint density at radius 2 is 2.19 bits per heavy atom. The highest BCUT2D eigenvalue weighted by atomic mass is 79.9. The lowest BCUT2D eigenvalue weighted by atomic mass is 9.84. The molecule has 0 radical (unpaired) electrons. The Morgan fingerprint density at radius 3 is 2.95 bits per heavy atom. The van der Waals surface area contributed by atoms with Gasteiger partial charge in [0, 0.05) is 28.2 Å². The quantitative estimate of drug-likeness (QED) is 0.767. The van der Waals surface area contributed by atoms with Crippen molar-refractivity contribution in [1.29, 1.82) is 0 Å². The van der Waals surface area contributed by atoms with Gasteiger partial charge in [-0.1, -0.05) is 15.9 Å². The molecule has 6 heteroatoms. The van der Waals surface area contributed by atoms with E-state index in [9.17, 15) is 4.39 Å². The van der Waals surface area contributed by atoms with E-state index < -0.39 is 5.54 Å². The summed E-state index contributed by atoms with van der Waals surface area (Å²) in [5.74, 6) is -0.248. The number of hydrogen-bond acceptors (Lipinski definition) is 4. The highest BCUT2D eigenvalue weighted by Crippen LogP contribution is 2.38. The molecule has 1 aliphatic heterocycles. The first kappa shape index (κ1) is 14.7. The SMILES string of the molecule is CSC1=N[C@](C)(c2cc(Br)ccc2F)Cc2ncncc21. The van der Waals surface area contributed by atoms with Crippen LogP contribution in [0.1, 0.15) is 23.7 Å². The summed E-state index contributed by atoms with van der Waals surface area (Å²) in [6, 6.07) is 4.96. The fourth-order valence-electron chi connectivity index (χ4n) is 2.55. The summed E-state index contributed by atoms with van der Waals surface area (Å²) in [5, 5.41) is 0.846. The smallest absolute Gasteiger partial charge is 0.128 e. The first-order valence-electron chi connectivity index (χ1n) is 6.42. The Balaban J connectivity index is 2.17. The molecule has 0 spiro atoms. The number of benzene rings is 1. The second-order valence-corrected chi connectivity index (χ2v) is 6.79. The van der Waals surface area contributed by atoms with Crippen LogP contribution in [0.4, 0.5) is 4.39 Å². The Bertz CT molecular complexity index is 735. The van der Waals surface area contributed by atoms with Gasteiger partial charge < -0.3 is 0 Å². The maximum absolute atomic E-state index is 14.3. The maximum atomic E-state index is 14.3. The molecule has 1 atom stereocenters. The molecule has 0 saturated heterocycles. The number of fused-ring (bicyclic) bond motifs is 1. The van der Waals surface area contributed by atoms with Gasteiger partial charge in [-0.3, -0.25) is 4.99 Å². The predicted octanol–water partition coefficient (Wildman–Crippen LogP) is 3.96. The average molecular weight is 366 g/mol. The molecule has 0 fully saturated rings. The fraction of sp³-hybridized carbons (Fsp3) is 0.267. The van der Waals surface area contributed by atoms with Gasteiger partial charge in [0.15, 0.2) is 0 Å². The van der Waals surface area contributed by atoms with Crippen LogP contribution in [0.15, 0.2) is 40.2 Å². The van der Waals surface area contributed by atoms with Gasteiger partial charge in [-0.05, 0) is 31.4 Å². The molecule has 0 unspecified atom stereocenters. The second kappa shape index (κ2) is 5.50. The molecule has 3 nitrogen and oxygen atoms in total. The minimum absolute atomic E-state index is 0.248. The normalized spacial score (nSPS) is 20.9. The number of thioether (sulfide) groups is 1. The van der Waals surface area contributed by atoms with Crippen LogP contribution in [-0.2, 0) is 12.0 Å². The van der Waals surface area contributed by atoms with Crippen molar-refractivity contribution in [3.8, 4) is 0 Å². The molecule has 0 amide bonds. The topological polar surface area (TPSA) is 38.1 Å². The number of hydrogen-bond donors (Lipinski definition) is 0. The lowest BCUT2D eigenvalue weighted by molar-refractivity contribution is 0.451. The molecule has 2 heterocycles. The van der Waals surface area contributed by atoms with E-state index >= 15 is 0 Å². The minimum atomic E-state index is -0.659. The molecule has 0 bridgehead atoms. The highest BCUT2D eigenvalue weighted by Gasteiger charge is 2.35. The Labute approximate surface area is 135 Å². The van der Waals surface area contributed by atoms with E-state index in [1.54, 1.807) is 18.3 Å². The van der Waals surface area contributed by atoms with Gasteiger partial charge in [-0.25, -0.2) is 14.4 Å². The van der Waals surface area contributed by atoms with Crippen molar-refractivity contribution in [3.05, 3.63) is 57.8 Å². The number of rotatable bonds is 1. The third kappa shape index (κ3) is 2.62. The Hall–Kier alpha value is -1.27. The van der Waals surface area contributed by atoms with Crippen LogP contribution in [0.3, 0.4) is 0 Å². The molecule has 2 aromatic rings. The molecule has 1 aromatic carbocycles. The van der Waals surface area contributed by atoms with Crippen molar-refractivity contribution in [3.63, 3.8) is 0 Å². The van der Waals surface area contributed by atoms with Crippen molar-refractivity contribution in [2.75, 3.05) is 6.26 Å². The first-order valence-corrected chi connectivity index (χ1v) is 8.44. The number of halogens is 2. The molecular weight excluding hydrogens is 353 g/mol. The van der Waals surface area contributed by atoms with Crippen LogP contribution in [0, 0.1) is 5.82 Å². The van der Waals surface area contributed by atoms with Gasteiger partial charge in [0.25, 0.3) is 0 Å².